The molecule has 2 aromatic rings. The Kier molecular flexibility index (Phi) is 4.93. The first kappa shape index (κ1) is 17.0. The van der Waals surface area contributed by atoms with Gasteiger partial charge in [-0.05, 0) is 31.7 Å². The first-order valence-corrected chi connectivity index (χ1v) is 8.74. The summed E-state index contributed by atoms with van der Waals surface area (Å²) >= 11 is 1.45. The van der Waals surface area contributed by atoms with Gasteiger partial charge < -0.3 is 15.5 Å². The largest absolute Gasteiger partial charge is 0.330 e. The van der Waals surface area contributed by atoms with E-state index in [-0.39, 0.29) is 17.8 Å². The van der Waals surface area contributed by atoms with Crippen molar-refractivity contribution >= 4 is 17.2 Å². The Bertz CT molecular complexity index is 731. The normalized spacial score (nSPS) is 18.8. The Morgan fingerprint density at radius 1 is 1.38 bits per heavy atom. The molecule has 128 valence electrons. The number of likely N-dealkylation sites (N-methyl/N-ethyl adjacent to an activating group) is 1. The molecule has 2 heterocycles. The zero-order chi connectivity index (χ0) is 17.3. The number of hydrogen-bond acceptors (Lipinski definition) is 5. The van der Waals surface area contributed by atoms with Gasteiger partial charge in [-0.3, -0.25) is 4.79 Å². The van der Waals surface area contributed by atoms with Crippen molar-refractivity contribution in [3.63, 3.8) is 0 Å². The molecule has 2 N–H and O–H groups in total. The van der Waals surface area contributed by atoms with Gasteiger partial charge in [0, 0.05) is 26.2 Å². The molecule has 1 aromatic heterocycles. The second-order valence-electron chi connectivity index (χ2n) is 6.07. The Morgan fingerprint density at radius 2 is 2.08 bits per heavy atom. The molecule has 1 saturated heterocycles. The van der Waals surface area contributed by atoms with E-state index in [1.807, 2.05) is 18.9 Å². The van der Waals surface area contributed by atoms with Crippen molar-refractivity contribution in [3.8, 4) is 10.4 Å². The summed E-state index contributed by atoms with van der Waals surface area (Å²) in [5, 5.41) is 0.816. The molecule has 5 nitrogen and oxygen atoms in total. The second kappa shape index (κ2) is 6.96. The van der Waals surface area contributed by atoms with Crippen molar-refractivity contribution in [1.29, 1.82) is 0 Å². The standard InChI is InChI=1S/C17H21FN4OS/c1-11-20-15(16(24-11)12-3-5-13(18)6-4-12)17(23)22-8-7-21(2)10-14(22)9-19/h3-6,14H,7-10,19H2,1-2H3. The number of halogens is 1. The molecule has 1 atom stereocenters. The average molecular weight is 348 g/mol. The highest BCUT2D eigenvalue weighted by molar-refractivity contribution is 7.15. The SMILES string of the molecule is Cc1nc(C(=O)N2CCN(C)CC2CN)c(-c2ccc(F)cc2)s1. The van der Waals surface area contributed by atoms with E-state index in [0.717, 1.165) is 28.5 Å². The quantitative estimate of drug-likeness (QED) is 0.921. The highest BCUT2D eigenvalue weighted by atomic mass is 32.1. The van der Waals surface area contributed by atoms with Gasteiger partial charge in [-0.2, -0.15) is 0 Å². The number of hydrogen-bond donors (Lipinski definition) is 1. The molecule has 0 spiro atoms. The van der Waals surface area contributed by atoms with Crippen LogP contribution in [0, 0.1) is 12.7 Å². The highest BCUT2D eigenvalue weighted by Gasteiger charge is 2.31. The lowest BCUT2D eigenvalue weighted by atomic mass is 10.1. The Balaban J connectivity index is 1.94. The van der Waals surface area contributed by atoms with Crippen LogP contribution in [0.5, 0.6) is 0 Å². The van der Waals surface area contributed by atoms with Gasteiger partial charge in [0.2, 0.25) is 0 Å². The molecule has 0 radical (unpaired) electrons. The molecule has 1 amide bonds. The van der Waals surface area contributed by atoms with E-state index in [0.29, 0.717) is 18.8 Å². The number of piperazine rings is 1. The van der Waals surface area contributed by atoms with E-state index < -0.39 is 0 Å². The van der Waals surface area contributed by atoms with Crippen molar-refractivity contribution in [1.82, 2.24) is 14.8 Å². The van der Waals surface area contributed by atoms with Gasteiger partial charge in [-0.25, -0.2) is 9.37 Å². The molecule has 0 saturated carbocycles. The van der Waals surface area contributed by atoms with Gasteiger partial charge in [0.05, 0.1) is 15.9 Å². The zero-order valence-electron chi connectivity index (χ0n) is 13.8. The lowest BCUT2D eigenvalue weighted by molar-refractivity contribution is 0.0511. The monoisotopic (exact) mass is 348 g/mol. The van der Waals surface area contributed by atoms with Crippen LogP contribution in [0.25, 0.3) is 10.4 Å². The number of nitrogens with zero attached hydrogens (tertiary/aromatic N) is 3. The van der Waals surface area contributed by atoms with Crippen molar-refractivity contribution in [2.45, 2.75) is 13.0 Å². The van der Waals surface area contributed by atoms with Crippen LogP contribution in [-0.4, -0.2) is 60.0 Å². The van der Waals surface area contributed by atoms with E-state index in [4.69, 9.17) is 5.73 Å². The van der Waals surface area contributed by atoms with Gasteiger partial charge in [-0.1, -0.05) is 12.1 Å². The highest BCUT2D eigenvalue weighted by Crippen LogP contribution is 2.31. The summed E-state index contributed by atoms with van der Waals surface area (Å²) in [6, 6.07) is 6.15. The number of benzene rings is 1. The number of nitrogens with two attached hydrogens (primary N) is 1. The molecule has 7 heteroatoms. The molecule has 1 aliphatic heterocycles. The molecule has 0 bridgehead atoms. The number of thiazole rings is 1. The molecule has 3 rings (SSSR count). The maximum absolute atomic E-state index is 13.2. The summed E-state index contributed by atoms with van der Waals surface area (Å²) < 4.78 is 13.2. The van der Waals surface area contributed by atoms with Gasteiger partial charge in [0.15, 0.2) is 0 Å². The summed E-state index contributed by atoms with van der Waals surface area (Å²) in [5.41, 5.74) is 7.11. The first-order chi connectivity index (χ1) is 11.5. The fourth-order valence-corrected chi connectivity index (χ4v) is 3.90. The predicted molar refractivity (Wildman–Crippen MR) is 93.6 cm³/mol. The predicted octanol–water partition coefficient (Wildman–Crippen LogP) is 1.97. The van der Waals surface area contributed by atoms with Crippen molar-refractivity contribution in [2.75, 3.05) is 33.2 Å². The van der Waals surface area contributed by atoms with E-state index in [1.54, 1.807) is 12.1 Å². The number of carbonyl (C=O) groups excluding carboxylic acids is 1. The van der Waals surface area contributed by atoms with Gasteiger partial charge in [0.1, 0.15) is 11.5 Å². The molecule has 1 aliphatic rings. The minimum atomic E-state index is -0.296. The third kappa shape index (κ3) is 3.33. The lowest BCUT2D eigenvalue weighted by Crippen LogP contribution is -2.56. The van der Waals surface area contributed by atoms with E-state index >= 15 is 0 Å². The molecule has 1 aromatic carbocycles. The third-order valence-electron chi connectivity index (χ3n) is 4.26. The molecular formula is C17H21FN4OS. The first-order valence-electron chi connectivity index (χ1n) is 7.92. The van der Waals surface area contributed by atoms with Crippen LogP contribution in [0.3, 0.4) is 0 Å². The number of aromatic nitrogens is 1. The van der Waals surface area contributed by atoms with Crippen LogP contribution in [0.2, 0.25) is 0 Å². The fourth-order valence-electron chi connectivity index (χ4n) is 2.98. The van der Waals surface area contributed by atoms with Crippen molar-refractivity contribution in [3.05, 3.63) is 40.8 Å². The fraction of sp³-hybridized carbons (Fsp3) is 0.412. The Morgan fingerprint density at radius 3 is 2.75 bits per heavy atom. The van der Waals surface area contributed by atoms with Crippen molar-refractivity contribution in [2.24, 2.45) is 5.73 Å². The van der Waals surface area contributed by atoms with Crippen LogP contribution < -0.4 is 5.73 Å². The van der Waals surface area contributed by atoms with Crippen LogP contribution in [0.4, 0.5) is 4.39 Å². The van der Waals surface area contributed by atoms with E-state index in [2.05, 4.69) is 9.88 Å². The summed E-state index contributed by atoms with van der Waals surface area (Å²) in [4.78, 5) is 22.3. The van der Waals surface area contributed by atoms with Gasteiger partial charge in [0.25, 0.3) is 5.91 Å². The van der Waals surface area contributed by atoms with Crippen LogP contribution in [-0.2, 0) is 0 Å². The van der Waals surface area contributed by atoms with Crippen molar-refractivity contribution < 1.29 is 9.18 Å². The smallest absolute Gasteiger partial charge is 0.274 e. The maximum Gasteiger partial charge on any atom is 0.274 e. The molecule has 1 fully saturated rings. The molecule has 24 heavy (non-hydrogen) atoms. The average Bonchev–Trinajstić information content (AvgIpc) is 2.96. The maximum atomic E-state index is 13.2. The summed E-state index contributed by atoms with van der Waals surface area (Å²) in [6.07, 6.45) is 0. The van der Waals surface area contributed by atoms with Gasteiger partial charge in [-0.15, -0.1) is 11.3 Å². The van der Waals surface area contributed by atoms with E-state index in [9.17, 15) is 9.18 Å². The number of aryl methyl sites for hydroxylation is 1. The number of carbonyl (C=O) groups is 1. The third-order valence-corrected chi connectivity index (χ3v) is 5.28. The summed E-state index contributed by atoms with van der Waals surface area (Å²) in [5.74, 6) is -0.391. The van der Waals surface area contributed by atoms with Crippen LogP contribution in [0.15, 0.2) is 24.3 Å². The van der Waals surface area contributed by atoms with Crippen LogP contribution >= 0.6 is 11.3 Å². The van der Waals surface area contributed by atoms with Gasteiger partial charge >= 0.3 is 0 Å². The Hall–Kier alpha value is -1.83. The molecule has 1 unspecified atom stereocenters. The summed E-state index contributed by atoms with van der Waals surface area (Å²) in [6.45, 7) is 4.51. The number of amides is 1. The topological polar surface area (TPSA) is 62.5 Å². The second-order valence-corrected chi connectivity index (χ2v) is 7.27. The molecular weight excluding hydrogens is 327 g/mol. The van der Waals surface area contributed by atoms with Crippen LogP contribution in [0.1, 0.15) is 15.5 Å². The number of rotatable bonds is 3. The lowest BCUT2D eigenvalue weighted by Gasteiger charge is -2.39. The minimum absolute atomic E-state index is 0.0145. The zero-order valence-corrected chi connectivity index (χ0v) is 14.6. The van der Waals surface area contributed by atoms with E-state index in [1.165, 1.54) is 23.5 Å². The summed E-state index contributed by atoms with van der Waals surface area (Å²) in [7, 11) is 2.03. The molecule has 0 aliphatic carbocycles. The Labute approximate surface area is 144 Å². The minimum Gasteiger partial charge on any atom is -0.330 e.